The van der Waals surface area contributed by atoms with E-state index in [1.165, 1.54) is 0 Å². The molecule has 0 spiro atoms. The average molecular weight is 514 g/mol. The lowest BCUT2D eigenvalue weighted by Gasteiger charge is -2.05. The number of rotatable bonds is 1. The minimum absolute atomic E-state index is 0.249. The molecule has 0 aliphatic rings. The summed E-state index contributed by atoms with van der Waals surface area (Å²) >= 11 is 6.49. The van der Waals surface area contributed by atoms with Crippen molar-refractivity contribution in [2.24, 2.45) is 5.84 Å². The molecule has 13 heavy (non-hydrogen) atoms. The molecule has 0 radical (unpaired) electrons. The maximum Gasteiger partial charge on any atom is 0.266 e. The molecule has 0 atom stereocenters. The van der Waals surface area contributed by atoms with E-state index in [1.807, 2.05) is 12.1 Å². The van der Waals surface area contributed by atoms with Gasteiger partial charge in [0.25, 0.3) is 5.91 Å². The normalized spacial score (nSPS) is 9.85. The molecule has 0 heterocycles. The van der Waals surface area contributed by atoms with E-state index in [0.29, 0.717) is 5.56 Å². The van der Waals surface area contributed by atoms with E-state index >= 15 is 0 Å². The summed E-state index contributed by atoms with van der Waals surface area (Å²) in [4.78, 5) is 11.3. The molecule has 0 bridgehead atoms. The fourth-order valence-electron chi connectivity index (χ4n) is 0.799. The second-order valence-corrected chi connectivity index (χ2v) is 5.71. The molecule has 0 saturated carbocycles. The molecule has 0 unspecified atom stereocenters. The molecule has 1 aromatic rings. The fraction of sp³-hybridized carbons (Fsp3) is 0. The van der Waals surface area contributed by atoms with Crippen LogP contribution >= 0.6 is 67.8 Å². The third-order valence-corrected chi connectivity index (χ3v) is 5.04. The first-order valence-corrected chi connectivity index (χ1v) is 6.45. The zero-order chi connectivity index (χ0) is 10.0. The van der Waals surface area contributed by atoms with E-state index in [9.17, 15) is 4.79 Å². The third-order valence-electron chi connectivity index (χ3n) is 1.37. The molecule has 0 aliphatic carbocycles. The Labute approximate surface area is 117 Å². The molecule has 0 aromatic heterocycles. The van der Waals surface area contributed by atoms with Crippen LogP contribution in [0.5, 0.6) is 0 Å². The molecule has 0 fully saturated rings. The van der Waals surface area contributed by atoms with Crippen molar-refractivity contribution in [3.8, 4) is 0 Å². The number of carbonyl (C=O) groups excluding carboxylic acids is 1. The molecule has 1 aromatic carbocycles. The highest BCUT2D eigenvalue weighted by molar-refractivity contribution is 14.1. The first kappa shape index (κ1) is 11.9. The van der Waals surface area contributed by atoms with Gasteiger partial charge in [-0.1, -0.05) is 0 Å². The van der Waals surface area contributed by atoms with Crippen LogP contribution in [-0.2, 0) is 0 Å². The molecule has 3 N–H and O–H groups in total. The summed E-state index contributed by atoms with van der Waals surface area (Å²) in [5.41, 5.74) is 2.75. The van der Waals surface area contributed by atoms with Crippen LogP contribution in [0.3, 0.4) is 0 Å². The standard InChI is InChI=1S/C7H5I3N2O/c8-3-1-4(7(13)12-11)6(10)5(9)2-3/h1-2H,11H2,(H,12,13). The van der Waals surface area contributed by atoms with Gasteiger partial charge >= 0.3 is 0 Å². The van der Waals surface area contributed by atoms with Crippen molar-refractivity contribution in [1.29, 1.82) is 0 Å². The molecule has 0 aliphatic heterocycles. The van der Waals surface area contributed by atoms with Gasteiger partial charge in [-0.2, -0.15) is 0 Å². The molecule has 6 heteroatoms. The summed E-state index contributed by atoms with van der Waals surface area (Å²) < 4.78 is 3.02. The van der Waals surface area contributed by atoms with E-state index in [2.05, 4.69) is 73.2 Å². The summed E-state index contributed by atoms with van der Waals surface area (Å²) in [6, 6.07) is 3.82. The molecule has 1 rings (SSSR count). The van der Waals surface area contributed by atoms with Crippen LogP contribution < -0.4 is 11.3 Å². The Morgan fingerprint density at radius 2 is 1.92 bits per heavy atom. The van der Waals surface area contributed by atoms with Crippen molar-refractivity contribution in [3.05, 3.63) is 28.4 Å². The number of hydrogen-bond donors (Lipinski definition) is 2. The van der Waals surface area contributed by atoms with Crippen LogP contribution in [0.25, 0.3) is 0 Å². The van der Waals surface area contributed by atoms with Gasteiger partial charge in [-0.3, -0.25) is 10.2 Å². The Morgan fingerprint density at radius 3 is 2.46 bits per heavy atom. The Bertz CT molecular complexity index is 354. The predicted octanol–water partition coefficient (Wildman–Crippen LogP) is 2.10. The summed E-state index contributed by atoms with van der Waals surface area (Å²) in [6.07, 6.45) is 0. The topological polar surface area (TPSA) is 55.1 Å². The van der Waals surface area contributed by atoms with Crippen molar-refractivity contribution in [2.45, 2.75) is 0 Å². The van der Waals surface area contributed by atoms with Gasteiger partial charge in [0.15, 0.2) is 0 Å². The Hall–Kier alpha value is 0.840. The first-order chi connectivity index (χ1) is 6.06. The second-order valence-electron chi connectivity index (χ2n) is 2.22. The molecular weight excluding hydrogens is 509 g/mol. The number of nitrogens with one attached hydrogen (secondary N) is 1. The van der Waals surface area contributed by atoms with Crippen LogP contribution in [0.1, 0.15) is 10.4 Å². The molecule has 0 saturated heterocycles. The van der Waals surface area contributed by atoms with Crippen LogP contribution in [0.2, 0.25) is 0 Å². The summed E-state index contributed by atoms with van der Waals surface area (Å²) in [5, 5.41) is 0. The zero-order valence-electron chi connectivity index (χ0n) is 6.27. The van der Waals surface area contributed by atoms with Crippen LogP contribution in [0.15, 0.2) is 12.1 Å². The van der Waals surface area contributed by atoms with Gasteiger partial charge in [-0.05, 0) is 79.9 Å². The maximum atomic E-state index is 11.3. The number of carbonyl (C=O) groups is 1. The van der Waals surface area contributed by atoms with Crippen LogP contribution in [-0.4, -0.2) is 5.91 Å². The van der Waals surface area contributed by atoms with Crippen molar-refractivity contribution in [1.82, 2.24) is 5.43 Å². The SMILES string of the molecule is NNC(=O)c1cc(I)cc(I)c1I. The molecule has 1 amide bonds. The van der Waals surface area contributed by atoms with Gasteiger partial charge in [-0.15, -0.1) is 0 Å². The highest BCUT2D eigenvalue weighted by Gasteiger charge is 2.11. The van der Waals surface area contributed by atoms with Gasteiger partial charge < -0.3 is 0 Å². The van der Waals surface area contributed by atoms with Gasteiger partial charge in [0.05, 0.1) is 5.56 Å². The minimum atomic E-state index is -0.249. The minimum Gasteiger partial charge on any atom is -0.290 e. The average Bonchev–Trinajstić information content (AvgIpc) is 2.10. The Balaban J connectivity index is 3.28. The molecule has 70 valence electrons. The largest absolute Gasteiger partial charge is 0.290 e. The van der Waals surface area contributed by atoms with E-state index in [4.69, 9.17) is 5.84 Å². The summed E-state index contributed by atoms with van der Waals surface area (Å²) in [5.74, 6) is 4.82. The lowest BCUT2D eigenvalue weighted by Crippen LogP contribution is -2.30. The van der Waals surface area contributed by atoms with Gasteiger partial charge in [0.2, 0.25) is 0 Å². The third kappa shape index (κ3) is 2.89. The Kier molecular flexibility index (Phi) is 4.65. The Morgan fingerprint density at radius 1 is 1.31 bits per heavy atom. The van der Waals surface area contributed by atoms with Crippen molar-refractivity contribution in [2.75, 3.05) is 0 Å². The quantitative estimate of drug-likeness (QED) is 0.199. The smallest absolute Gasteiger partial charge is 0.266 e. The number of nitrogen functional groups attached to an aromatic ring is 1. The number of nitrogens with two attached hydrogens (primary N) is 1. The van der Waals surface area contributed by atoms with E-state index in [-0.39, 0.29) is 5.91 Å². The second kappa shape index (κ2) is 5.07. The van der Waals surface area contributed by atoms with Crippen molar-refractivity contribution < 1.29 is 4.79 Å². The van der Waals surface area contributed by atoms with Gasteiger partial charge in [-0.25, -0.2) is 5.84 Å². The maximum absolute atomic E-state index is 11.3. The number of amides is 1. The number of hydrazine groups is 1. The highest BCUT2D eigenvalue weighted by atomic mass is 127. The number of hydrogen-bond acceptors (Lipinski definition) is 2. The lowest BCUT2D eigenvalue weighted by molar-refractivity contribution is 0.0952. The van der Waals surface area contributed by atoms with Crippen molar-refractivity contribution >= 4 is 73.7 Å². The predicted molar refractivity (Wildman–Crippen MR) is 76.2 cm³/mol. The fourth-order valence-corrected chi connectivity index (χ4v) is 3.20. The molecule has 3 nitrogen and oxygen atoms in total. The number of halogens is 3. The lowest BCUT2D eigenvalue weighted by atomic mass is 10.2. The van der Waals surface area contributed by atoms with Crippen molar-refractivity contribution in [3.63, 3.8) is 0 Å². The summed E-state index contributed by atoms with van der Waals surface area (Å²) in [6.45, 7) is 0. The zero-order valence-corrected chi connectivity index (χ0v) is 12.7. The van der Waals surface area contributed by atoms with Gasteiger partial charge in [0.1, 0.15) is 0 Å². The van der Waals surface area contributed by atoms with Crippen LogP contribution in [0, 0.1) is 10.7 Å². The van der Waals surface area contributed by atoms with E-state index in [1.54, 1.807) is 0 Å². The number of benzene rings is 1. The van der Waals surface area contributed by atoms with Gasteiger partial charge in [0, 0.05) is 10.7 Å². The van der Waals surface area contributed by atoms with E-state index in [0.717, 1.165) is 10.7 Å². The van der Waals surface area contributed by atoms with E-state index < -0.39 is 0 Å². The van der Waals surface area contributed by atoms with Crippen LogP contribution in [0.4, 0.5) is 0 Å². The monoisotopic (exact) mass is 514 g/mol. The summed E-state index contributed by atoms with van der Waals surface area (Å²) in [7, 11) is 0. The first-order valence-electron chi connectivity index (χ1n) is 3.21. The molecular formula is C7H5I3N2O. The highest BCUT2D eigenvalue weighted by Crippen LogP contribution is 2.22.